The van der Waals surface area contributed by atoms with Gasteiger partial charge in [-0.1, -0.05) is 0 Å². The zero-order valence-corrected chi connectivity index (χ0v) is 8.97. The Morgan fingerprint density at radius 3 is 2.44 bits per heavy atom. The van der Waals surface area contributed by atoms with Crippen molar-refractivity contribution in [2.75, 3.05) is 6.54 Å². The zero-order valence-electron chi connectivity index (χ0n) is 8.97. The second-order valence-electron chi connectivity index (χ2n) is 4.75. The molecule has 0 aromatic carbocycles. The van der Waals surface area contributed by atoms with E-state index in [9.17, 15) is 14.4 Å². The van der Waals surface area contributed by atoms with E-state index in [4.69, 9.17) is 10.8 Å². The number of nitrogens with two attached hydrogens (primary N) is 1. The van der Waals surface area contributed by atoms with Crippen molar-refractivity contribution in [2.24, 2.45) is 17.6 Å². The van der Waals surface area contributed by atoms with Crippen molar-refractivity contribution in [2.45, 2.75) is 25.3 Å². The highest BCUT2D eigenvalue weighted by molar-refractivity contribution is 6.08. The molecule has 2 aliphatic rings. The molecule has 6 heteroatoms. The highest BCUT2D eigenvalue weighted by Gasteiger charge is 2.58. The van der Waals surface area contributed by atoms with Crippen molar-refractivity contribution in [3.8, 4) is 0 Å². The Balaban J connectivity index is 1.94. The summed E-state index contributed by atoms with van der Waals surface area (Å²) >= 11 is 0. The molecule has 0 bridgehead atoms. The maximum atomic E-state index is 11.6. The monoisotopic (exact) mass is 226 g/mol. The molecule has 1 heterocycles. The van der Waals surface area contributed by atoms with Crippen LogP contribution in [0.5, 0.6) is 0 Å². The predicted molar refractivity (Wildman–Crippen MR) is 53.2 cm³/mol. The maximum Gasteiger partial charge on any atom is 0.323 e. The molecule has 1 aliphatic heterocycles. The second kappa shape index (κ2) is 3.28. The number of likely N-dealkylation sites (tertiary alicyclic amines) is 1. The lowest BCUT2D eigenvalue weighted by atomic mass is 9.99. The molecule has 0 aromatic rings. The molecule has 88 valence electrons. The van der Waals surface area contributed by atoms with Gasteiger partial charge in [-0.15, -0.1) is 0 Å². The van der Waals surface area contributed by atoms with Crippen LogP contribution >= 0.6 is 0 Å². The molecule has 2 rings (SSSR count). The summed E-state index contributed by atoms with van der Waals surface area (Å²) in [5.74, 6) is -1.74. The van der Waals surface area contributed by atoms with Crippen LogP contribution in [0, 0.1) is 11.8 Å². The number of carboxylic acid groups (broad SMARTS) is 1. The van der Waals surface area contributed by atoms with Gasteiger partial charge in [0.25, 0.3) is 0 Å². The van der Waals surface area contributed by atoms with Gasteiger partial charge in [-0.25, -0.2) is 0 Å². The largest absolute Gasteiger partial charge is 0.480 e. The molecular weight excluding hydrogens is 212 g/mol. The lowest BCUT2D eigenvalue weighted by Crippen LogP contribution is -2.48. The number of carbonyl (C=O) groups is 3. The summed E-state index contributed by atoms with van der Waals surface area (Å²) in [6.45, 7) is 1.48. The van der Waals surface area contributed by atoms with Gasteiger partial charge in [-0.3, -0.25) is 19.3 Å². The lowest BCUT2D eigenvalue weighted by molar-refractivity contribution is -0.146. The molecule has 0 spiro atoms. The number of fused-ring (bicyclic) bond motifs is 1. The molecule has 0 radical (unpaired) electrons. The SMILES string of the molecule is CC(N)(CCN1C(=O)C2CC2C1=O)C(=O)O. The smallest absolute Gasteiger partial charge is 0.323 e. The first-order chi connectivity index (χ1) is 7.34. The number of nitrogens with zero attached hydrogens (tertiary/aromatic N) is 1. The Kier molecular flexibility index (Phi) is 2.27. The number of aliphatic carboxylic acids is 1. The molecule has 1 saturated heterocycles. The van der Waals surface area contributed by atoms with Gasteiger partial charge in [0.1, 0.15) is 5.54 Å². The molecule has 2 fully saturated rings. The van der Waals surface area contributed by atoms with Crippen molar-refractivity contribution in [1.29, 1.82) is 0 Å². The number of carbonyl (C=O) groups excluding carboxylic acids is 2. The molecule has 3 unspecified atom stereocenters. The molecule has 3 atom stereocenters. The molecular formula is C10H14N2O4. The van der Waals surface area contributed by atoms with E-state index in [1.54, 1.807) is 0 Å². The minimum atomic E-state index is -1.40. The summed E-state index contributed by atoms with van der Waals surface area (Å²) in [6.07, 6.45) is 0.742. The third-order valence-corrected chi connectivity index (χ3v) is 3.30. The number of carboxylic acids is 1. The number of imide groups is 1. The van der Waals surface area contributed by atoms with Crippen molar-refractivity contribution < 1.29 is 19.5 Å². The van der Waals surface area contributed by atoms with Crippen LogP contribution < -0.4 is 5.73 Å². The van der Waals surface area contributed by atoms with E-state index in [1.807, 2.05) is 0 Å². The van der Waals surface area contributed by atoms with Crippen LogP contribution in [-0.4, -0.2) is 39.9 Å². The van der Waals surface area contributed by atoms with Crippen LogP contribution in [0.3, 0.4) is 0 Å². The van der Waals surface area contributed by atoms with Gasteiger partial charge in [0, 0.05) is 6.54 Å². The number of amides is 2. The van der Waals surface area contributed by atoms with Crippen LogP contribution in [0.4, 0.5) is 0 Å². The minimum absolute atomic E-state index is 0.0826. The highest BCUT2D eigenvalue weighted by Crippen LogP contribution is 2.46. The molecule has 1 saturated carbocycles. The summed E-state index contributed by atoms with van der Waals surface area (Å²) in [5, 5.41) is 8.79. The molecule has 0 aromatic heterocycles. The summed E-state index contributed by atoms with van der Waals surface area (Å²) in [4.78, 5) is 35.0. The molecule has 6 nitrogen and oxygen atoms in total. The van der Waals surface area contributed by atoms with Crippen LogP contribution in [0.25, 0.3) is 0 Å². The summed E-state index contributed by atoms with van der Waals surface area (Å²) < 4.78 is 0. The van der Waals surface area contributed by atoms with E-state index in [1.165, 1.54) is 6.92 Å². The lowest BCUT2D eigenvalue weighted by Gasteiger charge is -2.23. The van der Waals surface area contributed by atoms with E-state index >= 15 is 0 Å². The first-order valence-electron chi connectivity index (χ1n) is 5.22. The Morgan fingerprint density at radius 2 is 2.00 bits per heavy atom. The number of rotatable bonds is 4. The van der Waals surface area contributed by atoms with Gasteiger partial charge in [0.05, 0.1) is 11.8 Å². The second-order valence-corrected chi connectivity index (χ2v) is 4.75. The highest BCUT2D eigenvalue weighted by atomic mass is 16.4. The van der Waals surface area contributed by atoms with Gasteiger partial charge < -0.3 is 10.8 Å². The Labute approximate surface area is 92.4 Å². The topological polar surface area (TPSA) is 101 Å². The fourth-order valence-electron chi connectivity index (χ4n) is 1.92. The first kappa shape index (κ1) is 11.1. The Hall–Kier alpha value is -1.43. The van der Waals surface area contributed by atoms with Gasteiger partial charge in [-0.05, 0) is 19.8 Å². The molecule has 1 aliphatic carbocycles. The van der Waals surface area contributed by atoms with Crippen LogP contribution in [0.2, 0.25) is 0 Å². The van der Waals surface area contributed by atoms with Crippen molar-refractivity contribution in [3.63, 3.8) is 0 Å². The van der Waals surface area contributed by atoms with E-state index in [-0.39, 0.29) is 36.6 Å². The van der Waals surface area contributed by atoms with Crippen molar-refractivity contribution in [1.82, 2.24) is 4.90 Å². The van der Waals surface area contributed by atoms with Gasteiger partial charge >= 0.3 is 5.97 Å². The van der Waals surface area contributed by atoms with Crippen molar-refractivity contribution in [3.05, 3.63) is 0 Å². The Bertz CT molecular complexity index is 357. The fraction of sp³-hybridized carbons (Fsp3) is 0.700. The minimum Gasteiger partial charge on any atom is -0.480 e. The maximum absolute atomic E-state index is 11.6. The van der Waals surface area contributed by atoms with E-state index in [2.05, 4.69) is 0 Å². The van der Waals surface area contributed by atoms with Gasteiger partial charge in [0.2, 0.25) is 11.8 Å². The van der Waals surface area contributed by atoms with E-state index in [0.717, 1.165) is 4.90 Å². The predicted octanol–water partition coefficient (Wildman–Crippen LogP) is -0.817. The third kappa shape index (κ3) is 1.59. The number of hydrogen-bond acceptors (Lipinski definition) is 4. The first-order valence-corrected chi connectivity index (χ1v) is 5.22. The van der Waals surface area contributed by atoms with Crippen LogP contribution in [-0.2, 0) is 14.4 Å². The standard InChI is InChI=1S/C10H14N2O4/c1-10(11,9(15)16)2-3-12-7(13)5-4-6(5)8(12)14/h5-6H,2-4,11H2,1H3,(H,15,16). The number of hydrogen-bond donors (Lipinski definition) is 2. The Morgan fingerprint density at radius 1 is 1.50 bits per heavy atom. The number of piperidine rings is 1. The molecule has 2 amide bonds. The average molecular weight is 226 g/mol. The normalized spacial score (nSPS) is 31.2. The van der Waals surface area contributed by atoms with E-state index in [0.29, 0.717) is 6.42 Å². The van der Waals surface area contributed by atoms with Gasteiger partial charge in [0.15, 0.2) is 0 Å². The van der Waals surface area contributed by atoms with Crippen LogP contribution in [0.1, 0.15) is 19.8 Å². The summed E-state index contributed by atoms with van der Waals surface area (Å²) in [6, 6.07) is 0. The van der Waals surface area contributed by atoms with Gasteiger partial charge in [-0.2, -0.15) is 0 Å². The summed E-state index contributed by atoms with van der Waals surface area (Å²) in [5.41, 5.74) is 4.13. The zero-order chi connectivity index (χ0) is 12.1. The van der Waals surface area contributed by atoms with Crippen molar-refractivity contribution >= 4 is 17.8 Å². The van der Waals surface area contributed by atoms with E-state index < -0.39 is 11.5 Å². The fourth-order valence-corrected chi connectivity index (χ4v) is 1.92. The molecule has 3 N–H and O–H groups in total. The third-order valence-electron chi connectivity index (χ3n) is 3.30. The average Bonchev–Trinajstić information content (AvgIpc) is 2.91. The summed E-state index contributed by atoms with van der Waals surface area (Å²) in [7, 11) is 0. The molecule has 16 heavy (non-hydrogen) atoms. The quantitative estimate of drug-likeness (QED) is 0.610. The van der Waals surface area contributed by atoms with Crippen LogP contribution in [0.15, 0.2) is 0 Å².